The lowest BCUT2D eigenvalue weighted by molar-refractivity contribution is 0.0823. The van der Waals surface area contributed by atoms with Crippen LogP contribution in [0, 0.1) is 0 Å². The maximum absolute atomic E-state index is 11.9. The molecule has 3 aromatic rings. The summed E-state index contributed by atoms with van der Waals surface area (Å²) < 4.78 is 5.27. The summed E-state index contributed by atoms with van der Waals surface area (Å²) in [5.41, 5.74) is -0.0618. The van der Waals surface area contributed by atoms with Gasteiger partial charge in [-0.1, -0.05) is 24.3 Å². The lowest BCUT2D eigenvalue weighted by Crippen LogP contribution is -2.27. The fraction of sp³-hybridized carbons (Fsp3) is 0.125. The lowest BCUT2D eigenvalue weighted by Gasteiger charge is -2.09. The zero-order valence-corrected chi connectivity index (χ0v) is 11.2. The molecule has 1 heterocycles. The Bertz CT molecular complexity index is 878. The summed E-state index contributed by atoms with van der Waals surface area (Å²) >= 11 is 0. The van der Waals surface area contributed by atoms with Crippen LogP contribution in [-0.4, -0.2) is 24.9 Å². The standard InChI is InChI=1S/C16H13NO3/c1-17(2)15(18)13-8-12-7-10-5-3-4-6-11(10)9-14(12)20-16(13)19/h3-9H,1-2H3. The van der Waals surface area contributed by atoms with E-state index in [-0.39, 0.29) is 11.5 Å². The maximum Gasteiger partial charge on any atom is 0.349 e. The fourth-order valence-corrected chi connectivity index (χ4v) is 2.20. The molecule has 0 radical (unpaired) electrons. The molecule has 0 aliphatic carbocycles. The number of hydrogen-bond donors (Lipinski definition) is 0. The van der Waals surface area contributed by atoms with Crippen LogP contribution in [0.2, 0.25) is 0 Å². The Morgan fingerprint density at radius 3 is 2.30 bits per heavy atom. The minimum atomic E-state index is -0.605. The second-order valence-corrected chi connectivity index (χ2v) is 4.88. The molecule has 4 heteroatoms. The Kier molecular flexibility index (Phi) is 2.79. The topological polar surface area (TPSA) is 50.5 Å². The molecule has 1 aromatic heterocycles. The fourth-order valence-electron chi connectivity index (χ4n) is 2.20. The first-order chi connectivity index (χ1) is 9.56. The average Bonchev–Trinajstić information content (AvgIpc) is 2.43. The van der Waals surface area contributed by atoms with Gasteiger partial charge in [-0.05, 0) is 29.0 Å². The Morgan fingerprint density at radius 2 is 1.65 bits per heavy atom. The highest BCUT2D eigenvalue weighted by atomic mass is 16.4. The van der Waals surface area contributed by atoms with Crippen LogP contribution in [0.15, 0.2) is 51.7 Å². The van der Waals surface area contributed by atoms with Gasteiger partial charge >= 0.3 is 5.63 Å². The highest BCUT2D eigenvalue weighted by molar-refractivity contribution is 6.00. The van der Waals surface area contributed by atoms with Crippen LogP contribution < -0.4 is 5.63 Å². The number of rotatable bonds is 1. The van der Waals surface area contributed by atoms with Crippen LogP contribution in [0.25, 0.3) is 21.7 Å². The number of amides is 1. The van der Waals surface area contributed by atoms with Gasteiger partial charge in [0.1, 0.15) is 11.1 Å². The second kappa shape index (κ2) is 4.49. The van der Waals surface area contributed by atoms with Crippen molar-refractivity contribution in [3.63, 3.8) is 0 Å². The van der Waals surface area contributed by atoms with Gasteiger partial charge in [0.2, 0.25) is 0 Å². The Hall–Kier alpha value is -2.62. The molecule has 100 valence electrons. The Labute approximate surface area is 115 Å². The average molecular weight is 267 g/mol. The number of carbonyl (C=O) groups excluding carboxylic acids is 1. The van der Waals surface area contributed by atoms with Crippen molar-refractivity contribution in [1.29, 1.82) is 0 Å². The SMILES string of the molecule is CN(C)C(=O)c1cc2cc3ccccc3cc2oc1=O. The summed E-state index contributed by atoms with van der Waals surface area (Å²) in [5.74, 6) is -0.353. The third kappa shape index (κ3) is 1.95. The smallest absolute Gasteiger partial charge is 0.349 e. The van der Waals surface area contributed by atoms with Crippen molar-refractivity contribution in [2.45, 2.75) is 0 Å². The van der Waals surface area contributed by atoms with E-state index in [4.69, 9.17) is 4.42 Å². The van der Waals surface area contributed by atoms with E-state index in [2.05, 4.69) is 0 Å². The molecule has 0 atom stereocenters. The molecule has 0 aliphatic rings. The summed E-state index contributed by atoms with van der Waals surface area (Å²) in [5, 5.41) is 2.78. The number of carbonyl (C=O) groups is 1. The third-order valence-corrected chi connectivity index (χ3v) is 3.24. The van der Waals surface area contributed by atoms with E-state index >= 15 is 0 Å². The van der Waals surface area contributed by atoms with Gasteiger partial charge in [-0.25, -0.2) is 4.79 Å². The molecule has 0 bridgehead atoms. The van der Waals surface area contributed by atoms with Crippen molar-refractivity contribution in [1.82, 2.24) is 4.90 Å². The molecular weight excluding hydrogens is 254 g/mol. The first-order valence-electron chi connectivity index (χ1n) is 6.24. The molecule has 4 nitrogen and oxygen atoms in total. The highest BCUT2D eigenvalue weighted by Crippen LogP contribution is 2.22. The van der Waals surface area contributed by atoms with Crippen LogP contribution in [0.5, 0.6) is 0 Å². The minimum Gasteiger partial charge on any atom is -0.422 e. The summed E-state index contributed by atoms with van der Waals surface area (Å²) in [7, 11) is 3.21. The molecule has 2 aromatic carbocycles. The van der Waals surface area contributed by atoms with E-state index in [1.165, 1.54) is 4.90 Å². The van der Waals surface area contributed by atoms with E-state index in [0.29, 0.717) is 5.58 Å². The van der Waals surface area contributed by atoms with Crippen molar-refractivity contribution < 1.29 is 9.21 Å². The zero-order chi connectivity index (χ0) is 14.3. The minimum absolute atomic E-state index is 0.0535. The second-order valence-electron chi connectivity index (χ2n) is 4.88. The van der Waals surface area contributed by atoms with E-state index in [1.807, 2.05) is 36.4 Å². The van der Waals surface area contributed by atoms with Crippen LogP contribution in [0.1, 0.15) is 10.4 Å². The number of nitrogens with zero attached hydrogens (tertiary/aromatic N) is 1. The first kappa shape index (κ1) is 12.4. The quantitative estimate of drug-likeness (QED) is 0.503. The molecule has 0 saturated heterocycles. The van der Waals surface area contributed by atoms with E-state index in [0.717, 1.165) is 16.2 Å². The lowest BCUT2D eigenvalue weighted by atomic mass is 10.1. The summed E-state index contributed by atoms with van der Waals surface area (Å²) in [4.78, 5) is 25.2. The normalized spacial score (nSPS) is 10.9. The van der Waals surface area contributed by atoms with E-state index in [9.17, 15) is 9.59 Å². The van der Waals surface area contributed by atoms with Crippen molar-refractivity contribution in [2.75, 3.05) is 14.1 Å². The third-order valence-electron chi connectivity index (χ3n) is 3.24. The van der Waals surface area contributed by atoms with Crippen molar-refractivity contribution >= 4 is 27.6 Å². The van der Waals surface area contributed by atoms with Gasteiger partial charge in [0.05, 0.1) is 0 Å². The molecular formula is C16H13NO3. The van der Waals surface area contributed by atoms with Gasteiger partial charge in [-0.3, -0.25) is 4.79 Å². The van der Waals surface area contributed by atoms with Crippen LogP contribution in [-0.2, 0) is 0 Å². The first-order valence-corrected chi connectivity index (χ1v) is 6.24. The predicted molar refractivity (Wildman–Crippen MR) is 78.0 cm³/mol. The summed E-state index contributed by atoms with van der Waals surface area (Å²) in [6.07, 6.45) is 0. The molecule has 0 fully saturated rings. The molecule has 0 aliphatic heterocycles. The van der Waals surface area contributed by atoms with Crippen molar-refractivity contribution in [3.05, 3.63) is 58.4 Å². The molecule has 0 spiro atoms. The molecule has 0 N–H and O–H groups in total. The van der Waals surface area contributed by atoms with Crippen LogP contribution >= 0.6 is 0 Å². The number of hydrogen-bond acceptors (Lipinski definition) is 3. The van der Waals surface area contributed by atoms with Gasteiger partial charge < -0.3 is 9.32 Å². The zero-order valence-electron chi connectivity index (χ0n) is 11.2. The Morgan fingerprint density at radius 1 is 1.00 bits per heavy atom. The predicted octanol–water partition coefficient (Wildman–Crippen LogP) is 2.65. The van der Waals surface area contributed by atoms with E-state index < -0.39 is 5.63 Å². The highest BCUT2D eigenvalue weighted by Gasteiger charge is 2.15. The van der Waals surface area contributed by atoms with Gasteiger partial charge in [-0.2, -0.15) is 0 Å². The molecule has 20 heavy (non-hydrogen) atoms. The molecule has 0 unspecified atom stereocenters. The van der Waals surface area contributed by atoms with Crippen molar-refractivity contribution in [2.24, 2.45) is 0 Å². The summed E-state index contributed by atoms with van der Waals surface area (Å²) in [6.45, 7) is 0. The van der Waals surface area contributed by atoms with Crippen LogP contribution in [0.3, 0.4) is 0 Å². The number of benzene rings is 2. The largest absolute Gasteiger partial charge is 0.422 e. The molecule has 1 amide bonds. The molecule has 3 rings (SSSR count). The maximum atomic E-state index is 11.9. The van der Waals surface area contributed by atoms with Gasteiger partial charge in [-0.15, -0.1) is 0 Å². The summed E-state index contributed by atoms with van der Waals surface area (Å²) in [6, 6.07) is 13.1. The van der Waals surface area contributed by atoms with Gasteiger partial charge in [0.15, 0.2) is 0 Å². The van der Waals surface area contributed by atoms with Crippen LogP contribution in [0.4, 0.5) is 0 Å². The van der Waals surface area contributed by atoms with E-state index in [1.54, 1.807) is 20.2 Å². The van der Waals surface area contributed by atoms with Crippen molar-refractivity contribution in [3.8, 4) is 0 Å². The van der Waals surface area contributed by atoms with Gasteiger partial charge in [0, 0.05) is 19.5 Å². The Balaban J connectivity index is 2.32. The van der Waals surface area contributed by atoms with Gasteiger partial charge in [0.25, 0.3) is 5.91 Å². The number of fused-ring (bicyclic) bond motifs is 2. The monoisotopic (exact) mass is 267 g/mol. The molecule has 0 saturated carbocycles.